The summed E-state index contributed by atoms with van der Waals surface area (Å²) in [5.74, 6) is -1.11. The Morgan fingerprint density at radius 3 is 2.38 bits per heavy atom. The van der Waals surface area contributed by atoms with Gasteiger partial charge in [-0.2, -0.15) is 0 Å². The van der Waals surface area contributed by atoms with E-state index in [9.17, 15) is 9.59 Å². The van der Waals surface area contributed by atoms with Gasteiger partial charge in [-0.25, -0.2) is 9.59 Å². The second-order valence-electron chi connectivity index (χ2n) is 5.28. The maximum absolute atomic E-state index is 12.4. The van der Waals surface area contributed by atoms with Crippen molar-refractivity contribution in [1.29, 1.82) is 0 Å². The molecular weight excluding hydrogens is 326 g/mol. The van der Waals surface area contributed by atoms with Crippen molar-refractivity contribution in [1.82, 2.24) is 4.57 Å². The highest BCUT2D eigenvalue weighted by atomic mass is 32.2. The number of hydrogen-bond acceptors (Lipinski definition) is 5. The second kappa shape index (κ2) is 6.20. The van der Waals surface area contributed by atoms with E-state index in [1.54, 1.807) is 6.07 Å². The largest absolute Gasteiger partial charge is 0.465 e. The second-order valence-corrected chi connectivity index (χ2v) is 6.13. The molecule has 1 aromatic heterocycles. The average Bonchev–Trinajstić information content (AvgIpc) is 2.92. The van der Waals surface area contributed by atoms with Crippen molar-refractivity contribution in [3.8, 4) is 0 Å². The molecule has 0 saturated carbocycles. The van der Waals surface area contributed by atoms with Crippen LogP contribution < -0.4 is 0 Å². The standard InChI is InChI=1S/C18H17NO4S/c1-19-12-8-6-5-7-10(12)14-13(24-4)9-11(17(20)22-2)15(16(14)19)18(21)23-3/h5-9H,1-4H3. The molecule has 1 heterocycles. The number of rotatable bonds is 3. The Balaban J connectivity index is 2.60. The number of carbonyl (C=O) groups is 2. The number of nitrogens with zero attached hydrogens (tertiary/aromatic N) is 1. The molecule has 3 aromatic rings. The van der Waals surface area contributed by atoms with Gasteiger partial charge in [-0.1, -0.05) is 18.2 Å². The van der Waals surface area contributed by atoms with Crippen LogP contribution in [0.25, 0.3) is 21.8 Å². The molecule has 0 amide bonds. The molecule has 0 saturated heterocycles. The fourth-order valence-electron chi connectivity index (χ4n) is 3.08. The van der Waals surface area contributed by atoms with Crippen LogP contribution in [0.5, 0.6) is 0 Å². The van der Waals surface area contributed by atoms with E-state index in [1.165, 1.54) is 26.0 Å². The van der Waals surface area contributed by atoms with Crippen LogP contribution in [0.2, 0.25) is 0 Å². The van der Waals surface area contributed by atoms with Gasteiger partial charge in [0.2, 0.25) is 0 Å². The van der Waals surface area contributed by atoms with Crippen LogP contribution in [0.4, 0.5) is 0 Å². The first-order valence-electron chi connectivity index (χ1n) is 7.29. The minimum absolute atomic E-state index is 0.215. The molecule has 3 rings (SSSR count). The van der Waals surface area contributed by atoms with Crippen molar-refractivity contribution in [3.63, 3.8) is 0 Å². The minimum Gasteiger partial charge on any atom is -0.465 e. The van der Waals surface area contributed by atoms with Gasteiger partial charge in [0, 0.05) is 28.2 Å². The van der Waals surface area contributed by atoms with Gasteiger partial charge < -0.3 is 14.0 Å². The van der Waals surface area contributed by atoms with E-state index < -0.39 is 11.9 Å². The number of para-hydroxylation sites is 1. The lowest BCUT2D eigenvalue weighted by Crippen LogP contribution is -2.14. The van der Waals surface area contributed by atoms with Gasteiger partial charge in [-0.15, -0.1) is 11.8 Å². The predicted molar refractivity (Wildman–Crippen MR) is 94.9 cm³/mol. The minimum atomic E-state index is -0.558. The van der Waals surface area contributed by atoms with Crippen LogP contribution in [-0.4, -0.2) is 37.0 Å². The average molecular weight is 343 g/mol. The van der Waals surface area contributed by atoms with Crippen LogP contribution in [0.3, 0.4) is 0 Å². The number of ether oxygens (including phenoxy) is 2. The molecule has 0 N–H and O–H groups in total. The molecule has 0 spiro atoms. The van der Waals surface area contributed by atoms with Crippen LogP contribution in [0.1, 0.15) is 20.7 Å². The van der Waals surface area contributed by atoms with E-state index in [4.69, 9.17) is 9.47 Å². The topological polar surface area (TPSA) is 57.5 Å². The van der Waals surface area contributed by atoms with Gasteiger partial charge in [0.15, 0.2) is 0 Å². The molecule has 0 radical (unpaired) electrons. The molecule has 0 atom stereocenters. The maximum Gasteiger partial charge on any atom is 0.340 e. The Kier molecular flexibility index (Phi) is 4.24. The molecule has 5 nitrogen and oxygen atoms in total. The number of aromatic nitrogens is 1. The van der Waals surface area contributed by atoms with Crippen LogP contribution in [0.15, 0.2) is 35.2 Å². The molecule has 2 aromatic carbocycles. The van der Waals surface area contributed by atoms with Crippen LogP contribution in [-0.2, 0) is 16.5 Å². The molecule has 0 aliphatic heterocycles. The lowest BCUT2D eigenvalue weighted by Gasteiger charge is -2.12. The third kappa shape index (κ3) is 2.26. The highest BCUT2D eigenvalue weighted by Crippen LogP contribution is 2.39. The Morgan fingerprint density at radius 1 is 1.08 bits per heavy atom. The van der Waals surface area contributed by atoms with Gasteiger partial charge >= 0.3 is 11.9 Å². The van der Waals surface area contributed by atoms with Crippen molar-refractivity contribution in [3.05, 3.63) is 41.5 Å². The lowest BCUT2D eigenvalue weighted by molar-refractivity contribution is 0.0556. The lowest BCUT2D eigenvalue weighted by atomic mass is 10.0. The molecule has 0 fully saturated rings. The summed E-state index contributed by atoms with van der Waals surface area (Å²) in [4.78, 5) is 25.6. The summed E-state index contributed by atoms with van der Waals surface area (Å²) in [5, 5.41) is 1.97. The number of fused-ring (bicyclic) bond motifs is 3. The highest BCUT2D eigenvalue weighted by Gasteiger charge is 2.27. The first-order valence-corrected chi connectivity index (χ1v) is 8.52. The van der Waals surface area contributed by atoms with Crippen molar-refractivity contribution in [2.75, 3.05) is 20.5 Å². The first kappa shape index (κ1) is 16.4. The molecule has 6 heteroatoms. The zero-order valence-electron chi connectivity index (χ0n) is 13.9. The molecule has 0 unspecified atom stereocenters. The smallest absolute Gasteiger partial charge is 0.340 e. The quantitative estimate of drug-likeness (QED) is 0.537. The SMILES string of the molecule is COC(=O)c1cc(SC)c2c3ccccc3n(C)c2c1C(=O)OC. The summed E-state index contributed by atoms with van der Waals surface area (Å²) in [6.45, 7) is 0. The van der Waals surface area contributed by atoms with E-state index in [-0.39, 0.29) is 11.1 Å². The molecule has 0 aliphatic rings. The molecule has 0 aliphatic carbocycles. The Hall–Kier alpha value is -2.47. The summed E-state index contributed by atoms with van der Waals surface area (Å²) >= 11 is 1.52. The van der Waals surface area contributed by atoms with Crippen LogP contribution >= 0.6 is 11.8 Å². The maximum atomic E-state index is 12.4. The number of methoxy groups -OCH3 is 2. The van der Waals surface area contributed by atoms with Gasteiger partial charge in [0.05, 0.1) is 30.9 Å². The fourth-order valence-corrected chi connectivity index (χ4v) is 3.73. The van der Waals surface area contributed by atoms with Crippen molar-refractivity contribution >= 4 is 45.5 Å². The molecule has 24 heavy (non-hydrogen) atoms. The van der Waals surface area contributed by atoms with E-state index >= 15 is 0 Å². The zero-order chi connectivity index (χ0) is 17.4. The van der Waals surface area contributed by atoms with Crippen LogP contribution in [0, 0.1) is 0 Å². The van der Waals surface area contributed by atoms with Gasteiger partial charge in [0.25, 0.3) is 0 Å². The number of carbonyl (C=O) groups excluding carboxylic acids is 2. The normalized spacial score (nSPS) is 11.0. The first-order chi connectivity index (χ1) is 11.5. The third-order valence-corrected chi connectivity index (χ3v) is 4.91. The summed E-state index contributed by atoms with van der Waals surface area (Å²) in [6.07, 6.45) is 1.94. The Labute approximate surface area is 143 Å². The predicted octanol–water partition coefficient (Wildman–Crippen LogP) is 3.63. The van der Waals surface area contributed by atoms with Crippen molar-refractivity contribution in [2.45, 2.75) is 4.90 Å². The van der Waals surface area contributed by atoms with E-state index in [0.717, 1.165) is 21.2 Å². The van der Waals surface area contributed by atoms with Gasteiger partial charge in [0.1, 0.15) is 0 Å². The van der Waals surface area contributed by atoms with E-state index in [2.05, 4.69) is 0 Å². The number of aryl methyl sites for hydroxylation is 1. The molecule has 0 bridgehead atoms. The van der Waals surface area contributed by atoms with Gasteiger partial charge in [-0.3, -0.25) is 0 Å². The number of hydrogen-bond donors (Lipinski definition) is 0. The number of benzene rings is 2. The van der Waals surface area contributed by atoms with Gasteiger partial charge in [-0.05, 0) is 18.4 Å². The summed E-state index contributed by atoms with van der Waals surface area (Å²) < 4.78 is 11.7. The monoisotopic (exact) mass is 343 g/mol. The number of thioether (sulfide) groups is 1. The third-order valence-electron chi connectivity index (χ3n) is 4.15. The Bertz CT molecular complexity index is 974. The van der Waals surface area contributed by atoms with E-state index in [0.29, 0.717) is 5.52 Å². The zero-order valence-corrected chi connectivity index (χ0v) is 14.7. The Morgan fingerprint density at radius 2 is 1.75 bits per heavy atom. The summed E-state index contributed by atoms with van der Waals surface area (Å²) in [6, 6.07) is 9.60. The number of esters is 2. The fraction of sp³-hybridized carbons (Fsp3) is 0.222. The van der Waals surface area contributed by atoms with Crippen molar-refractivity contribution in [2.24, 2.45) is 7.05 Å². The van der Waals surface area contributed by atoms with Crippen molar-refractivity contribution < 1.29 is 19.1 Å². The molecular formula is C18H17NO4S. The summed E-state index contributed by atoms with van der Waals surface area (Å²) in [7, 11) is 4.48. The highest BCUT2D eigenvalue weighted by molar-refractivity contribution is 7.98. The van der Waals surface area contributed by atoms with E-state index in [1.807, 2.05) is 42.1 Å². The molecule has 124 valence electrons. The summed E-state index contributed by atoms with van der Waals surface area (Å²) in [5.41, 5.74) is 2.10.